The highest BCUT2D eigenvalue weighted by Crippen LogP contribution is 2.19. The summed E-state index contributed by atoms with van der Waals surface area (Å²) in [5.41, 5.74) is 0.845. The molecule has 1 aromatic carbocycles. The molecule has 1 aliphatic rings. The van der Waals surface area contributed by atoms with Crippen molar-refractivity contribution >= 4 is 22.0 Å². The molecule has 1 heterocycles. The Morgan fingerprint density at radius 2 is 2.04 bits per heavy atom. The van der Waals surface area contributed by atoms with Crippen LogP contribution in [0.15, 0.2) is 28.7 Å². The maximum atomic E-state index is 12.2. The summed E-state index contributed by atoms with van der Waals surface area (Å²) in [6.45, 7) is 9.09. The second-order valence-electron chi connectivity index (χ2n) is 7.19. The maximum absolute atomic E-state index is 12.2. The van der Waals surface area contributed by atoms with E-state index in [9.17, 15) is 4.79 Å². The molecule has 1 N–H and O–H groups in total. The SMILES string of the molecule is CC(C)(C)OC(=O)N1CCCC(CNCc2ccc(Br)cc2)C1. The normalized spacial score (nSPS) is 18.8. The van der Waals surface area contributed by atoms with Crippen molar-refractivity contribution in [3.8, 4) is 0 Å². The van der Waals surface area contributed by atoms with Crippen molar-refractivity contribution < 1.29 is 9.53 Å². The molecule has 128 valence electrons. The molecule has 0 spiro atoms. The van der Waals surface area contributed by atoms with Gasteiger partial charge in [-0.25, -0.2) is 4.79 Å². The van der Waals surface area contributed by atoms with Gasteiger partial charge in [-0.15, -0.1) is 0 Å². The molecule has 4 nitrogen and oxygen atoms in total. The van der Waals surface area contributed by atoms with E-state index < -0.39 is 5.60 Å². The molecule has 1 atom stereocenters. The number of nitrogens with zero attached hydrogens (tertiary/aromatic N) is 1. The van der Waals surface area contributed by atoms with Crippen LogP contribution in [0.4, 0.5) is 4.79 Å². The van der Waals surface area contributed by atoms with Crippen LogP contribution in [-0.4, -0.2) is 36.2 Å². The molecule has 1 amide bonds. The van der Waals surface area contributed by atoms with Gasteiger partial charge in [-0.2, -0.15) is 0 Å². The van der Waals surface area contributed by atoms with E-state index in [2.05, 4.69) is 45.5 Å². The Balaban J connectivity index is 1.75. The highest BCUT2D eigenvalue weighted by molar-refractivity contribution is 9.10. The summed E-state index contributed by atoms with van der Waals surface area (Å²) >= 11 is 3.45. The third-order valence-electron chi connectivity index (χ3n) is 3.85. The van der Waals surface area contributed by atoms with Crippen LogP contribution in [0.25, 0.3) is 0 Å². The number of halogens is 1. The second kappa shape index (κ2) is 8.15. The van der Waals surface area contributed by atoms with Gasteiger partial charge in [0.25, 0.3) is 0 Å². The molecular weight excluding hydrogens is 356 g/mol. The first-order valence-corrected chi connectivity index (χ1v) is 9.06. The van der Waals surface area contributed by atoms with Crippen LogP contribution < -0.4 is 5.32 Å². The third-order valence-corrected chi connectivity index (χ3v) is 4.37. The van der Waals surface area contributed by atoms with E-state index in [1.165, 1.54) is 5.56 Å². The topological polar surface area (TPSA) is 41.6 Å². The molecule has 1 fully saturated rings. The number of carbonyl (C=O) groups is 1. The lowest BCUT2D eigenvalue weighted by molar-refractivity contribution is 0.0166. The van der Waals surface area contributed by atoms with Crippen LogP contribution in [0.1, 0.15) is 39.2 Å². The predicted molar refractivity (Wildman–Crippen MR) is 96.4 cm³/mol. The number of piperidine rings is 1. The number of carbonyl (C=O) groups excluding carboxylic acids is 1. The molecule has 0 bridgehead atoms. The van der Waals surface area contributed by atoms with Crippen molar-refractivity contribution in [2.45, 2.75) is 45.8 Å². The first-order valence-electron chi connectivity index (χ1n) is 8.26. The van der Waals surface area contributed by atoms with E-state index in [1.807, 2.05) is 25.7 Å². The van der Waals surface area contributed by atoms with Gasteiger partial charge in [0.2, 0.25) is 0 Å². The lowest BCUT2D eigenvalue weighted by atomic mass is 9.98. The maximum Gasteiger partial charge on any atom is 0.410 e. The van der Waals surface area contributed by atoms with Gasteiger partial charge in [-0.3, -0.25) is 0 Å². The lowest BCUT2D eigenvalue weighted by Crippen LogP contribution is -2.44. The van der Waals surface area contributed by atoms with Crippen molar-refractivity contribution in [1.29, 1.82) is 0 Å². The lowest BCUT2D eigenvalue weighted by Gasteiger charge is -2.34. The number of amides is 1. The van der Waals surface area contributed by atoms with Crippen LogP contribution in [0.2, 0.25) is 0 Å². The smallest absolute Gasteiger partial charge is 0.410 e. The van der Waals surface area contributed by atoms with E-state index in [4.69, 9.17) is 4.74 Å². The number of rotatable bonds is 4. The molecule has 0 radical (unpaired) electrons. The first-order chi connectivity index (χ1) is 10.8. The third kappa shape index (κ3) is 6.51. The van der Waals surface area contributed by atoms with Gasteiger partial charge < -0.3 is 15.0 Å². The Morgan fingerprint density at radius 3 is 2.70 bits per heavy atom. The zero-order valence-electron chi connectivity index (χ0n) is 14.3. The zero-order valence-corrected chi connectivity index (χ0v) is 15.9. The van der Waals surface area contributed by atoms with E-state index in [1.54, 1.807) is 0 Å². The highest BCUT2D eigenvalue weighted by atomic mass is 79.9. The Kier molecular flexibility index (Phi) is 6.48. The average molecular weight is 383 g/mol. The van der Waals surface area contributed by atoms with E-state index in [-0.39, 0.29) is 6.09 Å². The van der Waals surface area contributed by atoms with Crippen LogP contribution in [0, 0.1) is 5.92 Å². The summed E-state index contributed by atoms with van der Waals surface area (Å²) in [6, 6.07) is 8.35. The van der Waals surface area contributed by atoms with Crippen molar-refractivity contribution in [2.75, 3.05) is 19.6 Å². The van der Waals surface area contributed by atoms with Gasteiger partial charge in [0.15, 0.2) is 0 Å². The summed E-state index contributed by atoms with van der Waals surface area (Å²) in [6.07, 6.45) is 2.02. The minimum absolute atomic E-state index is 0.185. The molecule has 5 heteroatoms. The fourth-order valence-corrected chi connectivity index (χ4v) is 3.01. The summed E-state index contributed by atoms with van der Waals surface area (Å²) in [5.74, 6) is 0.492. The summed E-state index contributed by atoms with van der Waals surface area (Å²) in [7, 11) is 0. The minimum Gasteiger partial charge on any atom is -0.444 e. The molecule has 1 aliphatic heterocycles. The molecule has 1 saturated heterocycles. The quantitative estimate of drug-likeness (QED) is 0.848. The number of ether oxygens (including phenoxy) is 1. The number of nitrogens with one attached hydrogen (secondary N) is 1. The van der Waals surface area contributed by atoms with Crippen LogP contribution in [0.3, 0.4) is 0 Å². The molecule has 0 saturated carbocycles. The molecule has 23 heavy (non-hydrogen) atoms. The Hall–Kier alpha value is -1.07. The predicted octanol–water partition coefficient (Wildman–Crippen LogP) is 4.19. The van der Waals surface area contributed by atoms with Gasteiger partial charge in [0, 0.05) is 24.1 Å². The monoisotopic (exact) mass is 382 g/mol. The molecule has 0 aromatic heterocycles. The Morgan fingerprint density at radius 1 is 1.35 bits per heavy atom. The van der Waals surface area contributed by atoms with Gasteiger partial charge in [-0.05, 0) is 63.8 Å². The van der Waals surface area contributed by atoms with Crippen molar-refractivity contribution in [2.24, 2.45) is 5.92 Å². The molecular formula is C18H27BrN2O2. The summed E-state index contributed by atoms with van der Waals surface area (Å²) < 4.78 is 6.57. The largest absolute Gasteiger partial charge is 0.444 e. The minimum atomic E-state index is -0.427. The second-order valence-corrected chi connectivity index (χ2v) is 8.11. The number of likely N-dealkylation sites (tertiary alicyclic amines) is 1. The summed E-state index contributed by atoms with van der Waals surface area (Å²) in [5, 5.41) is 3.50. The number of hydrogen-bond acceptors (Lipinski definition) is 3. The standard InChI is InChI=1S/C18H27BrN2O2/c1-18(2,3)23-17(22)21-10-4-5-15(13-21)12-20-11-14-6-8-16(19)9-7-14/h6-9,15,20H,4-5,10-13H2,1-3H3. The average Bonchev–Trinajstić information content (AvgIpc) is 2.48. The first kappa shape index (κ1) is 18.3. The van der Waals surface area contributed by atoms with E-state index in [0.717, 1.165) is 43.5 Å². The highest BCUT2D eigenvalue weighted by Gasteiger charge is 2.27. The van der Waals surface area contributed by atoms with Gasteiger partial charge in [-0.1, -0.05) is 28.1 Å². The molecule has 1 aromatic rings. The van der Waals surface area contributed by atoms with Gasteiger partial charge >= 0.3 is 6.09 Å². The fourth-order valence-electron chi connectivity index (χ4n) is 2.75. The van der Waals surface area contributed by atoms with Crippen LogP contribution in [-0.2, 0) is 11.3 Å². The van der Waals surface area contributed by atoms with E-state index in [0.29, 0.717) is 5.92 Å². The fraction of sp³-hybridized carbons (Fsp3) is 0.611. The molecule has 2 rings (SSSR count). The Labute approximate surface area is 147 Å². The van der Waals surface area contributed by atoms with Crippen LogP contribution in [0.5, 0.6) is 0 Å². The summed E-state index contributed by atoms with van der Waals surface area (Å²) in [4.78, 5) is 14.0. The van der Waals surface area contributed by atoms with Gasteiger partial charge in [0.05, 0.1) is 0 Å². The Bertz CT molecular complexity index is 511. The number of benzene rings is 1. The van der Waals surface area contributed by atoms with Crippen molar-refractivity contribution in [1.82, 2.24) is 10.2 Å². The van der Waals surface area contributed by atoms with Gasteiger partial charge in [0.1, 0.15) is 5.60 Å². The van der Waals surface area contributed by atoms with Crippen molar-refractivity contribution in [3.05, 3.63) is 34.3 Å². The zero-order chi connectivity index (χ0) is 16.9. The molecule has 0 aliphatic carbocycles. The van der Waals surface area contributed by atoms with Crippen molar-refractivity contribution in [3.63, 3.8) is 0 Å². The molecule has 1 unspecified atom stereocenters. The number of hydrogen-bond donors (Lipinski definition) is 1. The van der Waals surface area contributed by atoms with Crippen LogP contribution >= 0.6 is 15.9 Å². The van der Waals surface area contributed by atoms with E-state index >= 15 is 0 Å².